The van der Waals surface area contributed by atoms with E-state index in [1.807, 2.05) is 26.8 Å². The number of amides is 2. The quantitative estimate of drug-likeness (QED) is 0.535. The molecule has 0 saturated carbocycles. The molecule has 6 heteroatoms. The summed E-state index contributed by atoms with van der Waals surface area (Å²) in [6.45, 7) is 6.90. The Hall–Kier alpha value is -2.50. The highest BCUT2D eigenvalue weighted by Gasteiger charge is 2.06. The molecule has 0 fully saturated rings. The molecule has 0 unspecified atom stereocenters. The van der Waals surface area contributed by atoms with Gasteiger partial charge in [-0.05, 0) is 30.7 Å². The van der Waals surface area contributed by atoms with Crippen molar-refractivity contribution in [1.29, 1.82) is 0 Å². The van der Waals surface area contributed by atoms with Crippen molar-refractivity contribution in [3.05, 3.63) is 29.8 Å². The fourth-order valence-electron chi connectivity index (χ4n) is 1.87. The molecule has 0 radical (unpaired) electrons. The Morgan fingerprint density at radius 1 is 1.17 bits per heavy atom. The minimum atomic E-state index is -0.221. The van der Waals surface area contributed by atoms with Crippen molar-refractivity contribution in [2.45, 2.75) is 20.8 Å². The van der Waals surface area contributed by atoms with Crippen LogP contribution in [0.1, 0.15) is 26.3 Å². The molecule has 24 heavy (non-hydrogen) atoms. The number of hydrogen-bond acceptors (Lipinski definition) is 4. The van der Waals surface area contributed by atoms with Crippen molar-refractivity contribution in [1.82, 2.24) is 10.6 Å². The lowest BCUT2D eigenvalue weighted by atomic mass is 10.2. The van der Waals surface area contributed by atoms with Crippen LogP contribution in [0.2, 0.25) is 0 Å². The standard InChI is InChI=1S/C18H26N2O4/c1-5-24-15-8-6-14(12-16(15)23-4)7-9-17(21)19-10-11-20-18(22)13(2)3/h6-9,12-13H,5,10-11H2,1-4H3,(H,19,21)(H,20,22)/b9-7+. The Labute approximate surface area is 143 Å². The minimum absolute atomic E-state index is 0.0266. The molecular formula is C18H26N2O4. The summed E-state index contributed by atoms with van der Waals surface area (Å²) in [4.78, 5) is 23.1. The van der Waals surface area contributed by atoms with Crippen molar-refractivity contribution < 1.29 is 19.1 Å². The number of methoxy groups -OCH3 is 1. The molecule has 0 aliphatic rings. The van der Waals surface area contributed by atoms with Gasteiger partial charge in [-0.3, -0.25) is 9.59 Å². The first kappa shape index (κ1) is 19.5. The van der Waals surface area contributed by atoms with Gasteiger partial charge in [0.05, 0.1) is 13.7 Å². The molecule has 132 valence electrons. The molecule has 6 nitrogen and oxygen atoms in total. The first-order chi connectivity index (χ1) is 11.5. The monoisotopic (exact) mass is 334 g/mol. The lowest BCUT2D eigenvalue weighted by molar-refractivity contribution is -0.124. The number of carbonyl (C=O) groups excluding carboxylic acids is 2. The number of nitrogens with one attached hydrogen (secondary N) is 2. The summed E-state index contributed by atoms with van der Waals surface area (Å²) in [5.74, 6) is 0.983. The van der Waals surface area contributed by atoms with Gasteiger partial charge in [0.25, 0.3) is 0 Å². The SMILES string of the molecule is CCOc1ccc(/C=C/C(=O)NCCNC(=O)C(C)C)cc1OC. The van der Waals surface area contributed by atoms with E-state index in [2.05, 4.69) is 10.6 Å². The maximum Gasteiger partial charge on any atom is 0.244 e. The molecule has 0 aliphatic heterocycles. The molecule has 1 aromatic carbocycles. The van der Waals surface area contributed by atoms with Crippen molar-refractivity contribution in [3.63, 3.8) is 0 Å². The van der Waals surface area contributed by atoms with E-state index in [-0.39, 0.29) is 17.7 Å². The van der Waals surface area contributed by atoms with Gasteiger partial charge in [-0.1, -0.05) is 19.9 Å². The molecule has 2 amide bonds. The molecule has 0 aromatic heterocycles. The number of ether oxygens (including phenoxy) is 2. The van der Waals surface area contributed by atoms with Gasteiger partial charge in [0.15, 0.2) is 11.5 Å². The third-order valence-corrected chi connectivity index (χ3v) is 3.16. The fraction of sp³-hybridized carbons (Fsp3) is 0.444. The van der Waals surface area contributed by atoms with Crippen molar-refractivity contribution >= 4 is 17.9 Å². The molecule has 0 saturated heterocycles. The van der Waals surface area contributed by atoms with E-state index in [0.717, 1.165) is 5.56 Å². The highest BCUT2D eigenvalue weighted by Crippen LogP contribution is 2.28. The number of benzene rings is 1. The van der Waals surface area contributed by atoms with E-state index in [9.17, 15) is 9.59 Å². The normalized spacial score (nSPS) is 10.7. The van der Waals surface area contributed by atoms with E-state index < -0.39 is 0 Å². The maximum atomic E-state index is 11.8. The first-order valence-corrected chi connectivity index (χ1v) is 8.02. The first-order valence-electron chi connectivity index (χ1n) is 8.02. The molecule has 0 atom stereocenters. The summed E-state index contributed by atoms with van der Waals surface area (Å²) in [5.41, 5.74) is 0.832. The Balaban J connectivity index is 2.47. The predicted octanol–water partition coefficient (Wildman–Crippen LogP) is 2.00. The molecule has 1 rings (SSSR count). The van der Waals surface area contributed by atoms with E-state index in [1.54, 1.807) is 25.3 Å². The number of carbonyl (C=O) groups is 2. The van der Waals surface area contributed by atoms with Gasteiger partial charge in [0.2, 0.25) is 11.8 Å². The van der Waals surface area contributed by atoms with Crippen molar-refractivity contribution in [2.24, 2.45) is 5.92 Å². The second kappa shape index (κ2) is 10.3. The van der Waals surface area contributed by atoms with E-state index in [4.69, 9.17) is 9.47 Å². The van der Waals surface area contributed by atoms with Crippen LogP contribution >= 0.6 is 0 Å². The fourth-order valence-corrected chi connectivity index (χ4v) is 1.87. The lowest BCUT2D eigenvalue weighted by Gasteiger charge is -2.09. The average Bonchev–Trinajstić information content (AvgIpc) is 2.57. The highest BCUT2D eigenvalue weighted by atomic mass is 16.5. The molecule has 1 aromatic rings. The molecule has 0 bridgehead atoms. The Morgan fingerprint density at radius 2 is 1.88 bits per heavy atom. The molecule has 2 N–H and O–H groups in total. The van der Waals surface area contributed by atoms with E-state index >= 15 is 0 Å². The Morgan fingerprint density at radius 3 is 2.50 bits per heavy atom. The van der Waals surface area contributed by atoms with Gasteiger partial charge in [0, 0.05) is 25.1 Å². The van der Waals surface area contributed by atoms with Gasteiger partial charge < -0.3 is 20.1 Å². The van der Waals surface area contributed by atoms with Crippen LogP contribution in [0, 0.1) is 5.92 Å². The van der Waals surface area contributed by atoms with Gasteiger partial charge in [0.1, 0.15) is 0 Å². The predicted molar refractivity (Wildman–Crippen MR) is 94.1 cm³/mol. The lowest BCUT2D eigenvalue weighted by Crippen LogP contribution is -2.35. The van der Waals surface area contributed by atoms with Crippen LogP contribution in [-0.2, 0) is 9.59 Å². The summed E-state index contributed by atoms with van der Waals surface area (Å²) in [7, 11) is 1.57. The number of hydrogen-bond donors (Lipinski definition) is 2. The van der Waals surface area contributed by atoms with Gasteiger partial charge in [-0.25, -0.2) is 0 Å². The molecule has 0 spiro atoms. The highest BCUT2D eigenvalue weighted by molar-refractivity contribution is 5.91. The minimum Gasteiger partial charge on any atom is -0.493 e. The van der Waals surface area contributed by atoms with Crippen LogP contribution < -0.4 is 20.1 Å². The van der Waals surface area contributed by atoms with Crippen LogP contribution in [0.15, 0.2) is 24.3 Å². The maximum absolute atomic E-state index is 11.8. The second-order valence-corrected chi connectivity index (χ2v) is 5.41. The van der Waals surface area contributed by atoms with Gasteiger partial charge in [-0.15, -0.1) is 0 Å². The van der Waals surface area contributed by atoms with Gasteiger partial charge >= 0.3 is 0 Å². The van der Waals surface area contributed by atoms with Crippen molar-refractivity contribution in [3.8, 4) is 11.5 Å². The summed E-state index contributed by atoms with van der Waals surface area (Å²) >= 11 is 0. The van der Waals surface area contributed by atoms with E-state index in [0.29, 0.717) is 31.2 Å². The van der Waals surface area contributed by atoms with Crippen LogP contribution in [-0.4, -0.2) is 38.6 Å². The zero-order valence-corrected chi connectivity index (χ0v) is 14.7. The largest absolute Gasteiger partial charge is 0.493 e. The third-order valence-electron chi connectivity index (χ3n) is 3.16. The van der Waals surface area contributed by atoms with Crippen molar-refractivity contribution in [2.75, 3.05) is 26.8 Å². The summed E-state index contributed by atoms with van der Waals surface area (Å²) in [6, 6.07) is 5.46. The van der Waals surface area contributed by atoms with Crippen LogP contribution in [0.25, 0.3) is 6.08 Å². The zero-order chi connectivity index (χ0) is 17.9. The zero-order valence-electron chi connectivity index (χ0n) is 14.7. The summed E-state index contributed by atoms with van der Waals surface area (Å²) < 4.78 is 10.7. The third kappa shape index (κ3) is 6.73. The molecule has 0 heterocycles. The van der Waals surface area contributed by atoms with E-state index in [1.165, 1.54) is 6.08 Å². The topological polar surface area (TPSA) is 76.7 Å². The Kier molecular flexibility index (Phi) is 8.39. The van der Waals surface area contributed by atoms with Gasteiger partial charge in [-0.2, -0.15) is 0 Å². The molecule has 0 aliphatic carbocycles. The van der Waals surface area contributed by atoms with Crippen LogP contribution in [0.5, 0.6) is 11.5 Å². The summed E-state index contributed by atoms with van der Waals surface area (Å²) in [5, 5.41) is 5.45. The van der Waals surface area contributed by atoms with Crippen LogP contribution in [0.3, 0.4) is 0 Å². The summed E-state index contributed by atoms with van der Waals surface area (Å²) in [6.07, 6.45) is 3.14. The number of rotatable bonds is 9. The average molecular weight is 334 g/mol. The second-order valence-electron chi connectivity index (χ2n) is 5.41. The smallest absolute Gasteiger partial charge is 0.244 e. The molecular weight excluding hydrogens is 308 g/mol. The van der Waals surface area contributed by atoms with Crippen LogP contribution in [0.4, 0.5) is 0 Å². The Bertz CT molecular complexity index is 582.